The van der Waals surface area contributed by atoms with Crippen molar-refractivity contribution in [3.05, 3.63) is 53.9 Å². The minimum Gasteiger partial charge on any atom is -0.395 e. The first-order valence-electron chi connectivity index (χ1n) is 7.81. The van der Waals surface area contributed by atoms with Crippen molar-refractivity contribution in [3.8, 4) is 0 Å². The van der Waals surface area contributed by atoms with Crippen LogP contribution in [0.3, 0.4) is 0 Å². The van der Waals surface area contributed by atoms with Gasteiger partial charge in [-0.1, -0.05) is 37.3 Å². The molecule has 0 saturated carbocycles. The predicted octanol–water partition coefficient (Wildman–Crippen LogP) is 1.87. The van der Waals surface area contributed by atoms with E-state index in [0.717, 1.165) is 24.1 Å². The summed E-state index contributed by atoms with van der Waals surface area (Å²) in [6, 6.07) is 9.38. The molecule has 0 unspecified atom stereocenters. The maximum atomic E-state index is 10.2. The van der Waals surface area contributed by atoms with Crippen LogP contribution >= 0.6 is 0 Å². The molecule has 0 amide bonds. The fourth-order valence-corrected chi connectivity index (χ4v) is 2.41. The number of aliphatic hydroxyl groups excluding tert-OH is 2. The lowest BCUT2D eigenvalue weighted by Crippen LogP contribution is -2.33. The minimum atomic E-state index is -0.575. The largest absolute Gasteiger partial charge is 0.395 e. The van der Waals surface area contributed by atoms with Gasteiger partial charge in [0, 0.05) is 30.9 Å². The highest BCUT2D eigenvalue weighted by Crippen LogP contribution is 2.18. The SMILES string of the molecule is CCCn1cc(CN[C@@H](CO)C[C@@H](O)c2ccccc2)cn1. The number of aliphatic hydroxyl groups is 2. The molecule has 5 nitrogen and oxygen atoms in total. The van der Waals surface area contributed by atoms with E-state index in [2.05, 4.69) is 17.3 Å². The molecule has 2 atom stereocenters. The zero-order chi connectivity index (χ0) is 15.8. The quantitative estimate of drug-likeness (QED) is 0.661. The molecule has 1 heterocycles. The Balaban J connectivity index is 1.83. The number of aryl methyl sites for hydroxylation is 1. The van der Waals surface area contributed by atoms with Crippen molar-refractivity contribution in [3.63, 3.8) is 0 Å². The number of rotatable bonds is 9. The highest BCUT2D eigenvalue weighted by molar-refractivity contribution is 5.17. The lowest BCUT2D eigenvalue weighted by atomic mass is 10.0. The maximum Gasteiger partial charge on any atom is 0.0805 e. The number of aromatic nitrogens is 2. The van der Waals surface area contributed by atoms with E-state index < -0.39 is 6.10 Å². The second-order valence-corrected chi connectivity index (χ2v) is 5.53. The first kappa shape index (κ1) is 16.7. The molecule has 0 aliphatic rings. The van der Waals surface area contributed by atoms with Crippen LogP contribution in [0.25, 0.3) is 0 Å². The van der Waals surface area contributed by atoms with Crippen molar-refractivity contribution in [2.75, 3.05) is 6.61 Å². The van der Waals surface area contributed by atoms with Crippen LogP contribution in [0.5, 0.6) is 0 Å². The summed E-state index contributed by atoms with van der Waals surface area (Å²) in [6.45, 7) is 3.66. The molecule has 1 aromatic carbocycles. The van der Waals surface area contributed by atoms with Crippen LogP contribution in [0.2, 0.25) is 0 Å². The molecule has 2 rings (SSSR count). The Morgan fingerprint density at radius 1 is 1.27 bits per heavy atom. The molecule has 0 radical (unpaired) electrons. The smallest absolute Gasteiger partial charge is 0.0805 e. The molecule has 2 aromatic rings. The van der Waals surface area contributed by atoms with Gasteiger partial charge in [-0.15, -0.1) is 0 Å². The van der Waals surface area contributed by atoms with Crippen LogP contribution in [-0.4, -0.2) is 32.6 Å². The van der Waals surface area contributed by atoms with Gasteiger partial charge in [-0.25, -0.2) is 0 Å². The minimum absolute atomic E-state index is 0.00695. The molecule has 5 heteroatoms. The molecule has 0 bridgehead atoms. The monoisotopic (exact) mass is 303 g/mol. The first-order valence-corrected chi connectivity index (χ1v) is 7.81. The molecule has 0 spiro atoms. The van der Waals surface area contributed by atoms with Crippen LogP contribution in [0.1, 0.15) is 37.0 Å². The Labute approximate surface area is 131 Å². The van der Waals surface area contributed by atoms with E-state index in [0.29, 0.717) is 13.0 Å². The fourth-order valence-electron chi connectivity index (χ4n) is 2.41. The molecule has 0 aliphatic carbocycles. The van der Waals surface area contributed by atoms with Crippen LogP contribution in [0, 0.1) is 0 Å². The second kappa shape index (κ2) is 8.68. The summed E-state index contributed by atoms with van der Waals surface area (Å²) in [4.78, 5) is 0. The topological polar surface area (TPSA) is 70.3 Å². The zero-order valence-corrected chi connectivity index (χ0v) is 13.0. The van der Waals surface area contributed by atoms with E-state index in [1.54, 1.807) is 0 Å². The fraction of sp³-hybridized carbons (Fsp3) is 0.471. The van der Waals surface area contributed by atoms with Gasteiger partial charge in [0.2, 0.25) is 0 Å². The molecule has 0 saturated heterocycles. The Kier molecular flexibility index (Phi) is 6.58. The number of hydrogen-bond acceptors (Lipinski definition) is 4. The molecule has 1 aromatic heterocycles. The summed E-state index contributed by atoms with van der Waals surface area (Å²) in [5.41, 5.74) is 1.96. The van der Waals surface area contributed by atoms with Crippen molar-refractivity contribution in [2.24, 2.45) is 0 Å². The van der Waals surface area contributed by atoms with Crippen molar-refractivity contribution in [1.82, 2.24) is 15.1 Å². The van der Waals surface area contributed by atoms with Crippen molar-refractivity contribution < 1.29 is 10.2 Å². The van der Waals surface area contributed by atoms with E-state index in [1.165, 1.54) is 0 Å². The summed E-state index contributed by atoms with van der Waals surface area (Å²) in [6.07, 6.45) is 4.80. The van der Waals surface area contributed by atoms with Crippen molar-refractivity contribution >= 4 is 0 Å². The van der Waals surface area contributed by atoms with Gasteiger partial charge in [0.1, 0.15) is 0 Å². The van der Waals surface area contributed by atoms with Crippen molar-refractivity contribution in [1.29, 1.82) is 0 Å². The van der Waals surface area contributed by atoms with Gasteiger partial charge >= 0.3 is 0 Å². The summed E-state index contributed by atoms with van der Waals surface area (Å²) in [7, 11) is 0. The van der Waals surface area contributed by atoms with Gasteiger partial charge in [0.05, 0.1) is 18.9 Å². The summed E-state index contributed by atoms with van der Waals surface area (Å²) in [5.74, 6) is 0. The zero-order valence-electron chi connectivity index (χ0n) is 13.0. The third kappa shape index (κ3) is 4.94. The third-order valence-corrected chi connectivity index (χ3v) is 3.65. The lowest BCUT2D eigenvalue weighted by molar-refractivity contribution is 0.129. The van der Waals surface area contributed by atoms with E-state index in [-0.39, 0.29) is 12.6 Å². The van der Waals surface area contributed by atoms with Crippen LogP contribution < -0.4 is 5.32 Å². The molecule has 0 aliphatic heterocycles. The number of hydrogen-bond donors (Lipinski definition) is 3. The summed E-state index contributed by atoms with van der Waals surface area (Å²) in [5, 5.41) is 27.3. The molecule has 3 N–H and O–H groups in total. The average Bonchev–Trinajstić information content (AvgIpc) is 3.00. The molecule has 22 heavy (non-hydrogen) atoms. The molecular formula is C17H25N3O2. The van der Waals surface area contributed by atoms with Gasteiger partial charge in [0.25, 0.3) is 0 Å². The summed E-state index contributed by atoms with van der Waals surface area (Å²) >= 11 is 0. The lowest BCUT2D eigenvalue weighted by Gasteiger charge is -2.19. The predicted molar refractivity (Wildman–Crippen MR) is 86.3 cm³/mol. The van der Waals surface area contributed by atoms with Crippen molar-refractivity contribution in [2.45, 2.75) is 45.0 Å². The average molecular weight is 303 g/mol. The second-order valence-electron chi connectivity index (χ2n) is 5.53. The van der Waals surface area contributed by atoms with Gasteiger partial charge in [-0.2, -0.15) is 5.10 Å². The summed E-state index contributed by atoms with van der Waals surface area (Å²) < 4.78 is 1.92. The molecular weight excluding hydrogens is 278 g/mol. The number of benzene rings is 1. The van der Waals surface area contributed by atoms with E-state index in [1.807, 2.05) is 47.4 Å². The Morgan fingerprint density at radius 3 is 2.73 bits per heavy atom. The molecule has 120 valence electrons. The number of nitrogens with zero attached hydrogens (tertiary/aromatic N) is 2. The Bertz CT molecular complexity index is 542. The van der Waals surface area contributed by atoms with E-state index in [9.17, 15) is 10.2 Å². The van der Waals surface area contributed by atoms with Gasteiger partial charge in [-0.3, -0.25) is 4.68 Å². The van der Waals surface area contributed by atoms with Crippen LogP contribution in [0.15, 0.2) is 42.7 Å². The van der Waals surface area contributed by atoms with E-state index in [4.69, 9.17) is 0 Å². The first-order chi connectivity index (χ1) is 10.7. The number of nitrogens with one attached hydrogen (secondary N) is 1. The van der Waals surface area contributed by atoms with Crippen LogP contribution in [-0.2, 0) is 13.1 Å². The highest BCUT2D eigenvalue weighted by atomic mass is 16.3. The van der Waals surface area contributed by atoms with Gasteiger partial charge in [0.15, 0.2) is 0 Å². The maximum absolute atomic E-state index is 10.2. The van der Waals surface area contributed by atoms with E-state index >= 15 is 0 Å². The van der Waals surface area contributed by atoms with Gasteiger partial charge in [-0.05, 0) is 18.4 Å². The Hall–Kier alpha value is -1.69. The van der Waals surface area contributed by atoms with Crippen LogP contribution in [0.4, 0.5) is 0 Å². The Morgan fingerprint density at radius 2 is 2.05 bits per heavy atom. The highest BCUT2D eigenvalue weighted by Gasteiger charge is 2.15. The standard InChI is InChI=1S/C17H25N3O2/c1-2-8-20-12-14(11-19-20)10-18-16(13-21)9-17(22)15-6-4-3-5-7-15/h3-7,11-12,16-18,21-22H,2,8-10,13H2,1H3/t16-,17-/m1/s1. The third-order valence-electron chi connectivity index (χ3n) is 3.65. The normalized spacial score (nSPS) is 14.0. The molecule has 0 fully saturated rings. The van der Waals surface area contributed by atoms with Gasteiger partial charge < -0.3 is 15.5 Å².